The lowest BCUT2D eigenvalue weighted by molar-refractivity contribution is 0.0983. The Labute approximate surface area is 99.7 Å². The SMILES string of the molecule is COCCNCC(=O)c1ccc(OC)cc1F. The number of ketones is 1. The second-order valence-corrected chi connectivity index (χ2v) is 3.44. The first-order chi connectivity index (χ1) is 8.19. The van der Waals surface area contributed by atoms with E-state index in [1.165, 1.54) is 19.2 Å². The Bertz CT molecular complexity index is 382. The molecule has 0 bridgehead atoms. The van der Waals surface area contributed by atoms with E-state index in [-0.39, 0.29) is 17.9 Å². The summed E-state index contributed by atoms with van der Waals surface area (Å²) < 4.78 is 23.2. The molecule has 1 aromatic carbocycles. The van der Waals surface area contributed by atoms with Crippen LogP contribution < -0.4 is 10.1 Å². The number of hydrogen-bond donors (Lipinski definition) is 1. The molecule has 0 unspecified atom stereocenters. The largest absolute Gasteiger partial charge is 0.497 e. The van der Waals surface area contributed by atoms with Crippen molar-refractivity contribution in [3.63, 3.8) is 0 Å². The first kappa shape index (κ1) is 13.6. The number of Topliss-reactive ketones (excluding diaryl/α,β-unsaturated/α-hetero) is 1. The van der Waals surface area contributed by atoms with Crippen LogP contribution in [-0.4, -0.2) is 39.7 Å². The van der Waals surface area contributed by atoms with Crippen LogP contribution in [0.2, 0.25) is 0 Å². The van der Waals surface area contributed by atoms with Crippen molar-refractivity contribution in [3.05, 3.63) is 29.6 Å². The van der Waals surface area contributed by atoms with E-state index in [9.17, 15) is 9.18 Å². The number of carbonyl (C=O) groups excluding carboxylic acids is 1. The highest BCUT2D eigenvalue weighted by molar-refractivity contribution is 5.97. The number of halogens is 1. The zero-order valence-electron chi connectivity index (χ0n) is 9.96. The smallest absolute Gasteiger partial charge is 0.179 e. The van der Waals surface area contributed by atoms with E-state index in [1.54, 1.807) is 13.2 Å². The molecule has 0 heterocycles. The third kappa shape index (κ3) is 4.13. The van der Waals surface area contributed by atoms with Gasteiger partial charge in [0.25, 0.3) is 0 Å². The van der Waals surface area contributed by atoms with Crippen LogP contribution in [0.4, 0.5) is 4.39 Å². The minimum atomic E-state index is -0.567. The van der Waals surface area contributed by atoms with Gasteiger partial charge in [0.05, 0.1) is 25.8 Å². The number of rotatable bonds is 7. The molecule has 0 fully saturated rings. The fourth-order valence-electron chi connectivity index (χ4n) is 1.32. The van der Waals surface area contributed by atoms with E-state index in [1.807, 2.05) is 0 Å². The minimum absolute atomic E-state index is 0.0655. The van der Waals surface area contributed by atoms with Crippen LogP contribution in [0, 0.1) is 5.82 Å². The lowest BCUT2D eigenvalue weighted by Crippen LogP contribution is -2.26. The molecular formula is C12H16FNO3. The van der Waals surface area contributed by atoms with E-state index < -0.39 is 5.82 Å². The van der Waals surface area contributed by atoms with E-state index in [2.05, 4.69) is 5.32 Å². The summed E-state index contributed by atoms with van der Waals surface area (Å²) in [5, 5.41) is 2.87. The topological polar surface area (TPSA) is 47.6 Å². The van der Waals surface area contributed by atoms with Crippen LogP contribution in [0.3, 0.4) is 0 Å². The molecule has 0 amide bonds. The van der Waals surface area contributed by atoms with Gasteiger partial charge in [-0.2, -0.15) is 0 Å². The van der Waals surface area contributed by atoms with Crippen LogP contribution in [0.15, 0.2) is 18.2 Å². The molecule has 0 aliphatic rings. The van der Waals surface area contributed by atoms with Gasteiger partial charge in [-0.1, -0.05) is 0 Å². The van der Waals surface area contributed by atoms with Crippen molar-refractivity contribution < 1.29 is 18.7 Å². The maximum Gasteiger partial charge on any atom is 0.179 e. The molecule has 5 heteroatoms. The number of carbonyl (C=O) groups is 1. The van der Waals surface area contributed by atoms with Crippen molar-refractivity contribution in [2.75, 3.05) is 33.9 Å². The van der Waals surface area contributed by atoms with Gasteiger partial charge in [0.1, 0.15) is 11.6 Å². The molecule has 0 aliphatic carbocycles. The van der Waals surface area contributed by atoms with Crippen molar-refractivity contribution in [2.24, 2.45) is 0 Å². The van der Waals surface area contributed by atoms with E-state index in [4.69, 9.17) is 9.47 Å². The van der Waals surface area contributed by atoms with Crippen molar-refractivity contribution in [1.29, 1.82) is 0 Å². The normalized spacial score (nSPS) is 10.3. The molecular weight excluding hydrogens is 225 g/mol. The molecule has 0 aromatic heterocycles. The fourth-order valence-corrected chi connectivity index (χ4v) is 1.32. The van der Waals surface area contributed by atoms with Crippen molar-refractivity contribution in [2.45, 2.75) is 0 Å². The van der Waals surface area contributed by atoms with Crippen LogP contribution in [0.25, 0.3) is 0 Å². The van der Waals surface area contributed by atoms with Gasteiger partial charge in [-0.15, -0.1) is 0 Å². The molecule has 0 atom stereocenters. The molecule has 0 spiro atoms. The molecule has 0 saturated carbocycles. The van der Waals surface area contributed by atoms with Gasteiger partial charge in [0, 0.05) is 19.7 Å². The number of methoxy groups -OCH3 is 2. The van der Waals surface area contributed by atoms with Gasteiger partial charge in [-0.3, -0.25) is 4.79 Å². The van der Waals surface area contributed by atoms with Crippen molar-refractivity contribution >= 4 is 5.78 Å². The quantitative estimate of drug-likeness (QED) is 0.576. The highest BCUT2D eigenvalue weighted by Gasteiger charge is 2.11. The zero-order chi connectivity index (χ0) is 12.7. The average molecular weight is 241 g/mol. The second-order valence-electron chi connectivity index (χ2n) is 3.44. The van der Waals surface area contributed by atoms with Crippen molar-refractivity contribution in [3.8, 4) is 5.75 Å². The summed E-state index contributed by atoms with van der Waals surface area (Å²) in [7, 11) is 3.02. The Morgan fingerprint density at radius 1 is 1.41 bits per heavy atom. The second kappa shape index (κ2) is 6.98. The Balaban J connectivity index is 2.57. The minimum Gasteiger partial charge on any atom is -0.497 e. The number of hydrogen-bond acceptors (Lipinski definition) is 4. The number of benzene rings is 1. The number of nitrogens with one attached hydrogen (secondary N) is 1. The first-order valence-corrected chi connectivity index (χ1v) is 5.25. The summed E-state index contributed by atoms with van der Waals surface area (Å²) in [5.74, 6) is -0.462. The predicted octanol–water partition coefficient (Wildman–Crippen LogP) is 1.25. The molecule has 4 nitrogen and oxygen atoms in total. The summed E-state index contributed by atoms with van der Waals surface area (Å²) in [6.07, 6.45) is 0. The third-order valence-electron chi connectivity index (χ3n) is 2.25. The zero-order valence-corrected chi connectivity index (χ0v) is 9.96. The Hall–Kier alpha value is -1.46. The number of ether oxygens (including phenoxy) is 2. The average Bonchev–Trinajstić information content (AvgIpc) is 2.34. The third-order valence-corrected chi connectivity index (χ3v) is 2.25. The van der Waals surface area contributed by atoms with Crippen LogP contribution in [0.5, 0.6) is 5.75 Å². The molecule has 0 aliphatic heterocycles. The van der Waals surface area contributed by atoms with Crippen LogP contribution in [0.1, 0.15) is 10.4 Å². The van der Waals surface area contributed by atoms with Crippen LogP contribution >= 0.6 is 0 Å². The Morgan fingerprint density at radius 3 is 2.76 bits per heavy atom. The molecule has 1 rings (SSSR count). The van der Waals surface area contributed by atoms with Crippen LogP contribution in [-0.2, 0) is 4.74 Å². The fraction of sp³-hybridized carbons (Fsp3) is 0.417. The monoisotopic (exact) mass is 241 g/mol. The maximum atomic E-state index is 13.5. The highest BCUT2D eigenvalue weighted by atomic mass is 19.1. The van der Waals surface area contributed by atoms with Gasteiger partial charge < -0.3 is 14.8 Å². The van der Waals surface area contributed by atoms with Gasteiger partial charge in [-0.05, 0) is 12.1 Å². The summed E-state index contributed by atoms with van der Waals surface area (Å²) in [4.78, 5) is 11.6. The summed E-state index contributed by atoms with van der Waals surface area (Å²) in [6, 6.07) is 4.18. The lowest BCUT2D eigenvalue weighted by atomic mass is 10.1. The highest BCUT2D eigenvalue weighted by Crippen LogP contribution is 2.16. The van der Waals surface area contributed by atoms with Gasteiger partial charge >= 0.3 is 0 Å². The molecule has 0 saturated heterocycles. The Kier molecular flexibility index (Phi) is 5.59. The molecule has 17 heavy (non-hydrogen) atoms. The first-order valence-electron chi connectivity index (χ1n) is 5.25. The van der Waals surface area contributed by atoms with Gasteiger partial charge in [-0.25, -0.2) is 4.39 Å². The summed E-state index contributed by atoms with van der Waals surface area (Å²) in [5.41, 5.74) is 0.0655. The van der Waals surface area contributed by atoms with Gasteiger partial charge in [0.15, 0.2) is 5.78 Å². The van der Waals surface area contributed by atoms with E-state index in [0.717, 1.165) is 0 Å². The molecule has 1 N–H and O–H groups in total. The predicted molar refractivity (Wildman–Crippen MR) is 62.0 cm³/mol. The van der Waals surface area contributed by atoms with Crippen molar-refractivity contribution in [1.82, 2.24) is 5.32 Å². The summed E-state index contributed by atoms with van der Waals surface area (Å²) in [6.45, 7) is 1.16. The standard InChI is InChI=1S/C12H16FNO3/c1-16-6-5-14-8-12(15)10-4-3-9(17-2)7-11(10)13/h3-4,7,14H,5-6,8H2,1-2H3. The molecule has 1 aromatic rings. The summed E-state index contributed by atoms with van der Waals surface area (Å²) >= 11 is 0. The van der Waals surface area contributed by atoms with E-state index in [0.29, 0.717) is 18.9 Å². The molecule has 94 valence electrons. The maximum absolute atomic E-state index is 13.5. The van der Waals surface area contributed by atoms with E-state index >= 15 is 0 Å². The van der Waals surface area contributed by atoms with Gasteiger partial charge in [0.2, 0.25) is 0 Å². The Morgan fingerprint density at radius 2 is 2.18 bits per heavy atom. The molecule has 0 radical (unpaired) electrons. The lowest BCUT2D eigenvalue weighted by Gasteiger charge is -2.06.